The van der Waals surface area contributed by atoms with Crippen LogP contribution in [0.2, 0.25) is 5.02 Å². The lowest BCUT2D eigenvalue weighted by atomic mass is 9.97. The van der Waals surface area contributed by atoms with Crippen molar-refractivity contribution < 1.29 is 18.7 Å². The van der Waals surface area contributed by atoms with E-state index >= 15 is 0 Å². The maximum absolute atomic E-state index is 14.6. The number of methoxy groups -OCH3 is 1. The first-order valence-corrected chi connectivity index (χ1v) is 11.0. The number of ketones is 1. The molecule has 4 rings (SSSR count). The number of piperidine rings is 1. The Labute approximate surface area is 195 Å². The van der Waals surface area contributed by atoms with Gasteiger partial charge in [0, 0.05) is 24.5 Å². The molecule has 1 amide bonds. The van der Waals surface area contributed by atoms with Gasteiger partial charge < -0.3 is 19.9 Å². The van der Waals surface area contributed by atoms with Crippen molar-refractivity contribution in [2.75, 3.05) is 32.6 Å². The molecule has 8 nitrogen and oxygen atoms in total. The minimum Gasteiger partial charge on any atom is -0.494 e. The number of nitrogens with one attached hydrogen (secondary N) is 2. The number of likely N-dealkylation sites (tertiary alicyclic amines) is 1. The number of carbonyl (C=O) groups is 2. The number of carbonyl (C=O) groups excluding carboxylic acids is 2. The van der Waals surface area contributed by atoms with Crippen molar-refractivity contribution in [1.29, 1.82) is 0 Å². The predicted octanol–water partition coefficient (Wildman–Crippen LogP) is 3.84. The van der Waals surface area contributed by atoms with Crippen LogP contribution in [0.1, 0.15) is 39.3 Å². The molecule has 0 unspecified atom stereocenters. The number of nitrogens with zero attached hydrogens (tertiary/aromatic N) is 3. The number of aromatic amines is 1. The SMILES string of the molecule is COc1ccc(Cl)c(C(=O)c2c[nH]c(C(=O)Nc3cnn(CC4CCN(C)CC4)c3)c2)c1F. The maximum Gasteiger partial charge on any atom is 0.272 e. The highest BCUT2D eigenvalue weighted by atomic mass is 35.5. The molecule has 174 valence electrons. The van der Waals surface area contributed by atoms with Gasteiger partial charge in [-0.1, -0.05) is 11.6 Å². The number of amides is 1. The Morgan fingerprint density at radius 2 is 2.09 bits per heavy atom. The molecule has 0 atom stereocenters. The summed E-state index contributed by atoms with van der Waals surface area (Å²) in [5.74, 6) is -1.47. The molecule has 1 saturated heterocycles. The number of halogens is 2. The fourth-order valence-electron chi connectivity index (χ4n) is 3.94. The summed E-state index contributed by atoms with van der Waals surface area (Å²) in [4.78, 5) is 30.5. The van der Waals surface area contributed by atoms with Crippen LogP contribution in [0, 0.1) is 11.7 Å². The Kier molecular flexibility index (Phi) is 6.80. The van der Waals surface area contributed by atoms with Gasteiger partial charge in [0.25, 0.3) is 5.91 Å². The lowest BCUT2D eigenvalue weighted by Crippen LogP contribution is -2.31. The van der Waals surface area contributed by atoms with E-state index in [1.54, 1.807) is 12.4 Å². The average Bonchev–Trinajstić information content (AvgIpc) is 3.45. The molecule has 1 aliphatic rings. The minimum absolute atomic E-state index is 0.0393. The summed E-state index contributed by atoms with van der Waals surface area (Å²) >= 11 is 6.04. The van der Waals surface area contributed by atoms with E-state index < -0.39 is 17.5 Å². The molecule has 33 heavy (non-hydrogen) atoms. The molecule has 0 saturated carbocycles. The van der Waals surface area contributed by atoms with Gasteiger partial charge in [0.2, 0.25) is 0 Å². The zero-order valence-corrected chi connectivity index (χ0v) is 19.2. The Balaban J connectivity index is 1.42. The number of H-pyrrole nitrogens is 1. The monoisotopic (exact) mass is 473 g/mol. The second kappa shape index (κ2) is 9.76. The summed E-state index contributed by atoms with van der Waals surface area (Å²) in [7, 11) is 3.42. The van der Waals surface area contributed by atoms with Gasteiger partial charge in [-0.2, -0.15) is 5.10 Å². The van der Waals surface area contributed by atoms with Gasteiger partial charge in [0.05, 0.1) is 29.6 Å². The molecule has 0 aliphatic carbocycles. The van der Waals surface area contributed by atoms with E-state index in [2.05, 4.69) is 27.3 Å². The van der Waals surface area contributed by atoms with Crippen molar-refractivity contribution in [2.45, 2.75) is 19.4 Å². The molecule has 2 N–H and O–H groups in total. The van der Waals surface area contributed by atoms with Crippen LogP contribution in [-0.4, -0.2) is 58.6 Å². The quantitative estimate of drug-likeness (QED) is 0.509. The Morgan fingerprint density at radius 3 is 2.82 bits per heavy atom. The predicted molar refractivity (Wildman–Crippen MR) is 123 cm³/mol. The molecule has 1 aliphatic heterocycles. The maximum atomic E-state index is 14.6. The smallest absolute Gasteiger partial charge is 0.272 e. The first kappa shape index (κ1) is 23.0. The zero-order chi connectivity index (χ0) is 23.5. The number of benzene rings is 1. The molecular weight excluding hydrogens is 449 g/mol. The van der Waals surface area contributed by atoms with Crippen LogP contribution in [0.3, 0.4) is 0 Å². The lowest BCUT2D eigenvalue weighted by molar-refractivity contribution is 0.102. The topological polar surface area (TPSA) is 92.2 Å². The van der Waals surface area contributed by atoms with Crippen LogP contribution in [-0.2, 0) is 6.54 Å². The highest BCUT2D eigenvalue weighted by Crippen LogP contribution is 2.29. The number of rotatable bonds is 7. The summed E-state index contributed by atoms with van der Waals surface area (Å²) in [6.45, 7) is 2.96. The summed E-state index contributed by atoms with van der Waals surface area (Å²) in [5.41, 5.74) is 0.502. The van der Waals surface area contributed by atoms with Crippen LogP contribution >= 0.6 is 11.6 Å². The summed E-state index contributed by atoms with van der Waals surface area (Å²) in [5, 5.41) is 7.06. The van der Waals surface area contributed by atoms with Crippen molar-refractivity contribution in [3.8, 4) is 5.75 Å². The third-order valence-electron chi connectivity index (χ3n) is 5.87. The molecule has 1 aromatic carbocycles. The molecule has 10 heteroatoms. The standard InChI is InChI=1S/C23H25ClFN5O3/c1-29-7-5-14(6-8-29)12-30-13-16(11-27-30)28-23(32)18-9-15(10-26-18)22(31)20-17(24)3-4-19(33-2)21(20)25/h3-4,9-11,13-14,26H,5-8,12H2,1-2H3,(H,28,32). The Morgan fingerprint density at radius 1 is 1.33 bits per heavy atom. The molecule has 3 aromatic rings. The van der Waals surface area contributed by atoms with Gasteiger partial charge in [-0.3, -0.25) is 14.3 Å². The van der Waals surface area contributed by atoms with Crippen LogP contribution in [0.4, 0.5) is 10.1 Å². The Hall–Kier alpha value is -3.17. The second-order valence-electron chi connectivity index (χ2n) is 8.22. The van der Waals surface area contributed by atoms with E-state index in [-0.39, 0.29) is 27.6 Å². The molecule has 2 aromatic heterocycles. The minimum atomic E-state index is -0.848. The van der Waals surface area contributed by atoms with Gasteiger partial charge in [-0.05, 0) is 57.1 Å². The van der Waals surface area contributed by atoms with Crippen molar-refractivity contribution >= 4 is 29.0 Å². The third kappa shape index (κ3) is 5.09. The molecule has 0 radical (unpaired) electrons. The van der Waals surface area contributed by atoms with Gasteiger partial charge >= 0.3 is 0 Å². The number of anilines is 1. The van der Waals surface area contributed by atoms with Crippen LogP contribution in [0.25, 0.3) is 0 Å². The number of hydrogen-bond acceptors (Lipinski definition) is 5. The molecular formula is C23H25ClFN5O3. The Bertz CT molecular complexity index is 1170. The highest BCUT2D eigenvalue weighted by molar-refractivity contribution is 6.35. The van der Waals surface area contributed by atoms with Crippen molar-refractivity contribution in [2.24, 2.45) is 5.92 Å². The van der Waals surface area contributed by atoms with E-state index in [1.165, 1.54) is 31.5 Å². The largest absolute Gasteiger partial charge is 0.494 e. The van der Waals surface area contributed by atoms with E-state index in [1.807, 2.05) is 4.68 Å². The molecule has 0 spiro atoms. The van der Waals surface area contributed by atoms with Crippen molar-refractivity contribution in [3.05, 3.63) is 64.5 Å². The van der Waals surface area contributed by atoms with E-state index in [4.69, 9.17) is 16.3 Å². The second-order valence-corrected chi connectivity index (χ2v) is 8.63. The van der Waals surface area contributed by atoms with E-state index in [9.17, 15) is 14.0 Å². The average molecular weight is 474 g/mol. The zero-order valence-electron chi connectivity index (χ0n) is 18.4. The number of hydrogen-bond donors (Lipinski definition) is 2. The van der Waals surface area contributed by atoms with E-state index in [0.717, 1.165) is 32.5 Å². The highest BCUT2D eigenvalue weighted by Gasteiger charge is 2.23. The first-order chi connectivity index (χ1) is 15.9. The lowest BCUT2D eigenvalue weighted by Gasteiger charge is -2.28. The fraction of sp³-hybridized carbons (Fsp3) is 0.348. The molecule has 3 heterocycles. The summed E-state index contributed by atoms with van der Waals surface area (Å²) in [6.07, 6.45) is 6.96. The normalized spacial score (nSPS) is 14.9. The fourth-order valence-corrected chi connectivity index (χ4v) is 4.17. The van der Waals surface area contributed by atoms with E-state index in [0.29, 0.717) is 11.6 Å². The van der Waals surface area contributed by atoms with Gasteiger partial charge in [-0.15, -0.1) is 0 Å². The van der Waals surface area contributed by atoms with Crippen LogP contribution in [0.5, 0.6) is 5.75 Å². The molecule has 1 fully saturated rings. The number of ether oxygens (including phenoxy) is 1. The van der Waals surface area contributed by atoms with Crippen molar-refractivity contribution in [3.63, 3.8) is 0 Å². The van der Waals surface area contributed by atoms with Gasteiger partial charge in [0.15, 0.2) is 17.3 Å². The number of aromatic nitrogens is 3. The third-order valence-corrected chi connectivity index (χ3v) is 6.18. The molecule has 0 bridgehead atoms. The summed E-state index contributed by atoms with van der Waals surface area (Å²) in [6, 6.07) is 4.09. The van der Waals surface area contributed by atoms with Crippen molar-refractivity contribution in [1.82, 2.24) is 19.7 Å². The first-order valence-electron chi connectivity index (χ1n) is 10.6. The van der Waals surface area contributed by atoms with Crippen LogP contribution < -0.4 is 10.1 Å². The van der Waals surface area contributed by atoms with Gasteiger partial charge in [0.1, 0.15) is 5.69 Å². The summed E-state index contributed by atoms with van der Waals surface area (Å²) < 4.78 is 21.3. The van der Waals surface area contributed by atoms with Crippen LogP contribution in [0.15, 0.2) is 36.8 Å². The van der Waals surface area contributed by atoms with Gasteiger partial charge in [-0.25, -0.2) is 4.39 Å².